The Kier molecular flexibility index (Phi) is 7.14. The number of carbonyl (C=O) groups excluding carboxylic acids is 1. The van der Waals surface area contributed by atoms with Crippen LogP contribution in [0.2, 0.25) is 5.02 Å². The summed E-state index contributed by atoms with van der Waals surface area (Å²) in [5.41, 5.74) is 1.20. The standard InChI is InChI=1S/C18H27ClN2O3S/c1-14-10-11-15(19)12-17(14)21(25(2,23)24)13-18(22)20-16-8-6-4-3-5-7-9-16/h10-12,16H,3-9,13H2,1-2H3,(H,20,22). The number of sulfonamides is 1. The Labute approximate surface area is 155 Å². The zero-order chi connectivity index (χ0) is 18.4. The molecule has 25 heavy (non-hydrogen) atoms. The molecule has 5 nitrogen and oxygen atoms in total. The molecule has 1 aliphatic rings. The van der Waals surface area contributed by atoms with Crippen molar-refractivity contribution in [3.05, 3.63) is 28.8 Å². The molecule has 0 aromatic heterocycles. The van der Waals surface area contributed by atoms with Crippen LogP contribution in [0.5, 0.6) is 0 Å². The number of nitrogens with one attached hydrogen (secondary N) is 1. The largest absolute Gasteiger partial charge is 0.352 e. The Balaban J connectivity index is 2.11. The van der Waals surface area contributed by atoms with Gasteiger partial charge in [-0.25, -0.2) is 8.42 Å². The maximum Gasteiger partial charge on any atom is 0.240 e. The summed E-state index contributed by atoms with van der Waals surface area (Å²) in [6.07, 6.45) is 8.89. The molecule has 0 saturated heterocycles. The van der Waals surface area contributed by atoms with Crippen LogP contribution in [0.3, 0.4) is 0 Å². The van der Waals surface area contributed by atoms with E-state index in [2.05, 4.69) is 5.32 Å². The fourth-order valence-corrected chi connectivity index (χ4v) is 4.31. The second-order valence-corrected chi connectivity index (χ2v) is 9.15. The van der Waals surface area contributed by atoms with Gasteiger partial charge in [-0.2, -0.15) is 0 Å². The van der Waals surface area contributed by atoms with Crippen molar-refractivity contribution in [1.82, 2.24) is 5.32 Å². The van der Waals surface area contributed by atoms with Crippen molar-refractivity contribution in [2.45, 2.75) is 57.9 Å². The van der Waals surface area contributed by atoms with Gasteiger partial charge in [0, 0.05) is 11.1 Å². The lowest BCUT2D eigenvalue weighted by Gasteiger charge is -2.26. The van der Waals surface area contributed by atoms with E-state index in [1.165, 1.54) is 19.3 Å². The van der Waals surface area contributed by atoms with Crippen LogP contribution in [0.15, 0.2) is 18.2 Å². The lowest BCUT2D eigenvalue weighted by molar-refractivity contribution is -0.120. The van der Waals surface area contributed by atoms with E-state index in [-0.39, 0.29) is 18.5 Å². The van der Waals surface area contributed by atoms with Gasteiger partial charge in [0.05, 0.1) is 11.9 Å². The first kappa shape index (κ1) is 20.0. The number of amides is 1. The maximum atomic E-state index is 12.5. The van der Waals surface area contributed by atoms with Gasteiger partial charge in [-0.05, 0) is 37.5 Å². The van der Waals surface area contributed by atoms with Gasteiger partial charge in [0.15, 0.2) is 0 Å². The molecule has 0 aliphatic heterocycles. The van der Waals surface area contributed by atoms with Gasteiger partial charge in [0.2, 0.25) is 15.9 Å². The number of benzene rings is 1. The zero-order valence-corrected chi connectivity index (χ0v) is 16.5. The highest BCUT2D eigenvalue weighted by molar-refractivity contribution is 7.92. The lowest BCUT2D eigenvalue weighted by atomic mass is 9.97. The fraction of sp³-hybridized carbons (Fsp3) is 0.611. The van der Waals surface area contributed by atoms with Crippen molar-refractivity contribution in [3.63, 3.8) is 0 Å². The number of hydrogen-bond acceptors (Lipinski definition) is 3. The summed E-state index contributed by atoms with van der Waals surface area (Å²) in [4.78, 5) is 12.5. The first-order valence-corrected chi connectivity index (χ1v) is 11.0. The third-order valence-corrected chi connectivity index (χ3v) is 5.96. The van der Waals surface area contributed by atoms with Crippen molar-refractivity contribution < 1.29 is 13.2 Å². The summed E-state index contributed by atoms with van der Waals surface area (Å²) in [5.74, 6) is -0.268. The third-order valence-electron chi connectivity index (χ3n) is 4.60. The summed E-state index contributed by atoms with van der Waals surface area (Å²) < 4.78 is 25.6. The Morgan fingerprint density at radius 1 is 1.20 bits per heavy atom. The van der Waals surface area contributed by atoms with Crippen LogP contribution >= 0.6 is 11.6 Å². The fourth-order valence-electron chi connectivity index (χ4n) is 3.24. The highest BCUT2D eigenvalue weighted by Gasteiger charge is 2.24. The Hall–Kier alpha value is -1.27. The van der Waals surface area contributed by atoms with E-state index < -0.39 is 10.0 Å². The van der Waals surface area contributed by atoms with Gasteiger partial charge in [-0.3, -0.25) is 9.10 Å². The van der Waals surface area contributed by atoms with E-state index >= 15 is 0 Å². The number of nitrogens with zero attached hydrogens (tertiary/aromatic N) is 1. The molecule has 2 rings (SSSR count). The monoisotopic (exact) mass is 386 g/mol. The van der Waals surface area contributed by atoms with Crippen LogP contribution in [0, 0.1) is 6.92 Å². The van der Waals surface area contributed by atoms with Gasteiger partial charge in [0.1, 0.15) is 6.54 Å². The molecule has 0 atom stereocenters. The summed E-state index contributed by atoms with van der Waals surface area (Å²) >= 11 is 6.01. The van der Waals surface area contributed by atoms with E-state index in [9.17, 15) is 13.2 Å². The Morgan fingerprint density at radius 3 is 2.40 bits per heavy atom. The number of rotatable bonds is 5. The van der Waals surface area contributed by atoms with Crippen LogP contribution in [0.1, 0.15) is 50.5 Å². The van der Waals surface area contributed by atoms with Crippen LogP contribution in [-0.4, -0.2) is 33.2 Å². The molecule has 0 bridgehead atoms. The average Bonchev–Trinajstić information content (AvgIpc) is 2.49. The number of halogens is 1. The van der Waals surface area contributed by atoms with Crippen molar-refractivity contribution in [2.24, 2.45) is 0 Å². The van der Waals surface area contributed by atoms with E-state index in [1.54, 1.807) is 25.1 Å². The molecule has 7 heteroatoms. The average molecular weight is 387 g/mol. The number of hydrogen-bond donors (Lipinski definition) is 1. The highest BCUT2D eigenvalue weighted by atomic mass is 35.5. The minimum Gasteiger partial charge on any atom is -0.352 e. The van der Waals surface area contributed by atoms with Gasteiger partial charge in [-0.1, -0.05) is 49.8 Å². The predicted molar refractivity (Wildman–Crippen MR) is 103 cm³/mol. The first-order chi connectivity index (χ1) is 11.8. The molecular weight excluding hydrogens is 360 g/mol. The molecule has 1 fully saturated rings. The molecule has 1 aromatic rings. The Bertz CT molecular complexity index is 698. The van der Waals surface area contributed by atoms with E-state index in [0.29, 0.717) is 10.7 Å². The molecule has 1 amide bonds. The SMILES string of the molecule is Cc1ccc(Cl)cc1N(CC(=O)NC1CCCCCCC1)S(C)(=O)=O. The summed E-state index contributed by atoms with van der Waals surface area (Å²) in [6.45, 7) is 1.58. The molecule has 1 saturated carbocycles. The number of aryl methyl sites for hydroxylation is 1. The molecule has 0 spiro atoms. The molecule has 0 unspecified atom stereocenters. The highest BCUT2D eigenvalue weighted by Crippen LogP contribution is 2.26. The van der Waals surface area contributed by atoms with Gasteiger partial charge < -0.3 is 5.32 Å². The van der Waals surface area contributed by atoms with Crippen LogP contribution < -0.4 is 9.62 Å². The van der Waals surface area contributed by atoms with Gasteiger partial charge >= 0.3 is 0 Å². The summed E-state index contributed by atoms with van der Waals surface area (Å²) in [5, 5.41) is 3.45. The first-order valence-electron chi connectivity index (χ1n) is 8.80. The normalized spacial score (nSPS) is 16.8. The third kappa shape index (κ3) is 6.19. The van der Waals surface area contributed by atoms with Crippen molar-refractivity contribution in [2.75, 3.05) is 17.1 Å². The second kappa shape index (κ2) is 8.90. The summed E-state index contributed by atoms with van der Waals surface area (Å²) in [6, 6.07) is 5.17. The van der Waals surface area contributed by atoms with E-state index in [1.807, 2.05) is 0 Å². The number of anilines is 1. The molecule has 1 aliphatic carbocycles. The zero-order valence-electron chi connectivity index (χ0n) is 14.9. The maximum absolute atomic E-state index is 12.5. The minimum atomic E-state index is -3.59. The van der Waals surface area contributed by atoms with E-state index in [0.717, 1.165) is 41.8 Å². The van der Waals surface area contributed by atoms with Crippen molar-refractivity contribution in [3.8, 4) is 0 Å². The molecule has 140 valence electrons. The molecule has 0 heterocycles. The van der Waals surface area contributed by atoms with Gasteiger partial charge in [-0.15, -0.1) is 0 Å². The quantitative estimate of drug-likeness (QED) is 0.839. The Morgan fingerprint density at radius 2 is 1.80 bits per heavy atom. The van der Waals surface area contributed by atoms with Crippen LogP contribution in [0.25, 0.3) is 0 Å². The molecular formula is C18H27ClN2O3S. The lowest BCUT2D eigenvalue weighted by Crippen LogP contribution is -2.44. The van der Waals surface area contributed by atoms with E-state index in [4.69, 9.17) is 11.6 Å². The minimum absolute atomic E-state index is 0.134. The molecule has 0 radical (unpaired) electrons. The summed E-state index contributed by atoms with van der Waals surface area (Å²) in [7, 11) is -3.59. The van der Waals surface area contributed by atoms with Crippen molar-refractivity contribution >= 4 is 33.2 Å². The second-order valence-electron chi connectivity index (χ2n) is 6.81. The van der Waals surface area contributed by atoms with Gasteiger partial charge in [0.25, 0.3) is 0 Å². The predicted octanol–water partition coefficient (Wildman–Crippen LogP) is 3.64. The molecule has 1 N–H and O–H groups in total. The topological polar surface area (TPSA) is 66.5 Å². The smallest absolute Gasteiger partial charge is 0.240 e. The van der Waals surface area contributed by atoms with Crippen molar-refractivity contribution in [1.29, 1.82) is 0 Å². The molecule has 1 aromatic carbocycles. The number of carbonyl (C=O) groups is 1. The van der Waals surface area contributed by atoms with Crippen LogP contribution in [0.4, 0.5) is 5.69 Å². The van der Waals surface area contributed by atoms with Crippen LogP contribution in [-0.2, 0) is 14.8 Å².